The lowest BCUT2D eigenvalue weighted by Gasteiger charge is -2.03. The van der Waals surface area contributed by atoms with E-state index in [-0.39, 0.29) is 17.5 Å². The zero-order chi connectivity index (χ0) is 16.1. The van der Waals surface area contributed by atoms with Gasteiger partial charge in [-0.05, 0) is 36.4 Å². The molecule has 0 aliphatic rings. The third kappa shape index (κ3) is 4.17. The first kappa shape index (κ1) is 15.2. The molecule has 1 N–H and O–H groups in total. The zero-order valence-electron chi connectivity index (χ0n) is 12.0. The first-order chi connectivity index (χ1) is 11.2. The largest absolute Gasteiger partial charge is 0.325 e. The third-order valence-corrected chi connectivity index (χ3v) is 3.80. The molecule has 3 aromatic rings. The van der Waals surface area contributed by atoms with Crippen LogP contribution in [0.15, 0.2) is 66.1 Å². The van der Waals surface area contributed by atoms with Crippen molar-refractivity contribution in [3.05, 3.63) is 66.7 Å². The van der Waals surface area contributed by atoms with E-state index in [2.05, 4.69) is 15.4 Å². The Labute approximate surface area is 136 Å². The molecule has 0 unspecified atom stereocenters. The average Bonchev–Trinajstić information content (AvgIpc) is 3.05. The summed E-state index contributed by atoms with van der Waals surface area (Å²) in [5.41, 5.74) is 1.46. The summed E-state index contributed by atoms with van der Waals surface area (Å²) in [6, 6.07) is 15.2. The second kappa shape index (κ2) is 7.06. The quantitative estimate of drug-likeness (QED) is 0.731. The molecule has 0 aliphatic carbocycles. The Bertz CT molecular complexity index is 789. The maximum Gasteiger partial charge on any atom is 0.234 e. The fourth-order valence-electron chi connectivity index (χ4n) is 1.88. The lowest BCUT2D eigenvalue weighted by molar-refractivity contribution is -0.113. The van der Waals surface area contributed by atoms with Crippen LogP contribution >= 0.6 is 11.8 Å². The van der Waals surface area contributed by atoms with Crippen LogP contribution < -0.4 is 5.32 Å². The normalized spacial score (nSPS) is 10.5. The maximum atomic E-state index is 12.8. The number of para-hydroxylation sites is 1. The van der Waals surface area contributed by atoms with Crippen LogP contribution in [0.5, 0.6) is 0 Å². The number of benzene rings is 2. The van der Waals surface area contributed by atoms with E-state index in [1.54, 1.807) is 11.0 Å². The Balaban J connectivity index is 1.55. The number of nitrogens with one attached hydrogen (secondary N) is 1. The van der Waals surface area contributed by atoms with E-state index in [9.17, 15) is 9.18 Å². The summed E-state index contributed by atoms with van der Waals surface area (Å²) in [6.45, 7) is 0. The highest BCUT2D eigenvalue weighted by Gasteiger charge is 2.08. The minimum Gasteiger partial charge on any atom is -0.325 e. The van der Waals surface area contributed by atoms with Gasteiger partial charge in [0.2, 0.25) is 11.1 Å². The maximum absolute atomic E-state index is 12.8. The van der Waals surface area contributed by atoms with Gasteiger partial charge in [0, 0.05) is 5.69 Å². The molecule has 3 rings (SSSR count). The van der Waals surface area contributed by atoms with Crippen LogP contribution in [0, 0.1) is 5.82 Å². The second-order valence-corrected chi connectivity index (χ2v) is 5.59. The van der Waals surface area contributed by atoms with E-state index in [0.717, 1.165) is 5.69 Å². The van der Waals surface area contributed by atoms with Crippen molar-refractivity contribution in [2.24, 2.45) is 0 Å². The van der Waals surface area contributed by atoms with E-state index in [1.807, 2.05) is 30.3 Å². The fourth-order valence-corrected chi connectivity index (χ4v) is 2.48. The van der Waals surface area contributed by atoms with Crippen LogP contribution in [0.4, 0.5) is 10.1 Å². The Morgan fingerprint density at radius 1 is 1.13 bits per heavy atom. The van der Waals surface area contributed by atoms with Crippen molar-refractivity contribution in [2.45, 2.75) is 5.16 Å². The SMILES string of the molecule is O=C(CSc1ncn(-c2ccccc2)n1)Nc1ccc(F)cc1. The van der Waals surface area contributed by atoms with Crippen LogP contribution in [0.1, 0.15) is 0 Å². The van der Waals surface area contributed by atoms with Crippen LogP contribution in [-0.4, -0.2) is 26.4 Å². The summed E-state index contributed by atoms with van der Waals surface area (Å²) >= 11 is 1.24. The summed E-state index contributed by atoms with van der Waals surface area (Å²) < 4.78 is 14.5. The Morgan fingerprint density at radius 2 is 1.87 bits per heavy atom. The molecule has 1 aromatic heterocycles. The number of nitrogens with zero attached hydrogens (tertiary/aromatic N) is 3. The number of carbonyl (C=O) groups excluding carboxylic acids is 1. The molecule has 7 heteroatoms. The van der Waals surface area contributed by atoms with Gasteiger partial charge in [-0.2, -0.15) is 0 Å². The minimum atomic E-state index is -0.340. The van der Waals surface area contributed by atoms with E-state index in [0.29, 0.717) is 10.8 Å². The van der Waals surface area contributed by atoms with Gasteiger partial charge >= 0.3 is 0 Å². The molecule has 116 valence electrons. The predicted molar refractivity (Wildman–Crippen MR) is 87.1 cm³/mol. The molecule has 0 saturated heterocycles. The van der Waals surface area contributed by atoms with Gasteiger partial charge in [0.1, 0.15) is 12.1 Å². The molecule has 0 aliphatic heterocycles. The molecule has 0 saturated carbocycles. The summed E-state index contributed by atoms with van der Waals surface area (Å²) in [5.74, 6) is -0.360. The number of hydrogen-bond donors (Lipinski definition) is 1. The highest BCUT2D eigenvalue weighted by atomic mass is 32.2. The van der Waals surface area contributed by atoms with Gasteiger partial charge in [0.05, 0.1) is 11.4 Å². The number of halogens is 1. The van der Waals surface area contributed by atoms with Gasteiger partial charge in [0.15, 0.2) is 0 Å². The number of carbonyl (C=O) groups is 1. The summed E-state index contributed by atoms with van der Waals surface area (Å²) in [5, 5.41) is 7.52. The van der Waals surface area contributed by atoms with E-state index >= 15 is 0 Å². The number of rotatable bonds is 5. The molecule has 0 atom stereocenters. The lowest BCUT2D eigenvalue weighted by atomic mass is 10.3. The summed E-state index contributed by atoms with van der Waals surface area (Å²) in [4.78, 5) is 16.0. The number of amides is 1. The highest BCUT2D eigenvalue weighted by Crippen LogP contribution is 2.15. The molecular weight excluding hydrogens is 315 g/mol. The summed E-state index contributed by atoms with van der Waals surface area (Å²) in [6.07, 6.45) is 1.61. The Morgan fingerprint density at radius 3 is 2.61 bits per heavy atom. The Hall–Kier alpha value is -2.67. The molecule has 0 bridgehead atoms. The van der Waals surface area contributed by atoms with Crippen LogP contribution in [0.25, 0.3) is 5.69 Å². The van der Waals surface area contributed by atoms with Gasteiger partial charge in [0.25, 0.3) is 0 Å². The van der Waals surface area contributed by atoms with Crippen LogP contribution in [0.2, 0.25) is 0 Å². The van der Waals surface area contributed by atoms with Crippen molar-refractivity contribution in [1.82, 2.24) is 14.8 Å². The molecule has 23 heavy (non-hydrogen) atoms. The van der Waals surface area contributed by atoms with Crippen LogP contribution in [-0.2, 0) is 4.79 Å². The number of anilines is 1. The van der Waals surface area contributed by atoms with Crippen molar-refractivity contribution in [3.63, 3.8) is 0 Å². The lowest BCUT2D eigenvalue weighted by Crippen LogP contribution is -2.14. The van der Waals surface area contributed by atoms with Crippen molar-refractivity contribution in [1.29, 1.82) is 0 Å². The van der Waals surface area contributed by atoms with Crippen LogP contribution in [0.3, 0.4) is 0 Å². The zero-order valence-corrected chi connectivity index (χ0v) is 12.8. The smallest absolute Gasteiger partial charge is 0.234 e. The van der Waals surface area contributed by atoms with Gasteiger partial charge in [-0.1, -0.05) is 30.0 Å². The molecule has 5 nitrogen and oxygen atoms in total. The first-order valence-electron chi connectivity index (χ1n) is 6.86. The highest BCUT2D eigenvalue weighted by molar-refractivity contribution is 7.99. The first-order valence-corrected chi connectivity index (χ1v) is 7.84. The van der Waals surface area contributed by atoms with E-state index in [4.69, 9.17) is 0 Å². The van der Waals surface area contributed by atoms with Crippen molar-refractivity contribution in [2.75, 3.05) is 11.1 Å². The topological polar surface area (TPSA) is 59.8 Å². The third-order valence-electron chi connectivity index (χ3n) is 2.95. The molecule has 0 fully saturated rings. The van der Waals surface area contributed by atoms with Crippen molar-refractivity contribution < 1.29 is 9.18 Å². The molecule has 2 aromatic carbocycles. The number of aromatic nitrogens is 3. The molecular formula is C16H13FN4OS. The number of hydrogen-bond acceptors (Lipinski definition) is 4. The fraction of sp³-hybridized carbons (Fsp3) is 0.0625. The molecule has 0 radical (unpaired) electrons. The van der Waals surface area contributed by atoms with Gasteiger partial charge < -0.3 is 5.32 Å². The molecule has 1 amide bonds. The summed E-state index contributed by atoms with van der Waals surface area (Å²) in [7, 11) is 0. The molecule has 0 spiro atoms. The van der Waals surface area contributed by atoms with Gasteiger partial charge in [-0.25, -0.2) is 14.1 Å². The van der Waals surface area contributed by atoms with E-state index < -0.39 is 0 Å². The predicted octanol–water partition coefficient (Wildman–Crippen LogP) is 3.14. The van der Waals surface area contributed by atoms with Gasteiger partial charge in [-0.15, -0.1) is 5.10 Å². The second-order valence-electron chi connectivity index (χ2n) is 4.65. The van der Waals surface area contributed by atoms with E-state index in [1.165, 1.54) is 36.0 Å². The standard InChI is InChI=1S/C16H13FN4OS/c17-12-6-8-13(9-7-12)19-15(22)10-23-16-18-11-21(20-16)14-4-2-1-3-5-14/h1-9,11H,10H2,(H,19,22). The van der Waals surface area contributed by atoms with Crippen molar-refractivity contribution >= 4 is 23.4 Å². The molecule has 1 heterocycles. The number of thioether (sulfide) groups is 1. The average molecular weight is 328 g/mol. The Kier molecular flexibility index (Phi) is 4.68. The van der Waals surface area contributed by atoms with Gasteiger partial charge in [-0.3, -0.25) is 4.79 Å². The minimum absolute atomic E-state index is 0.177. The van der Waals surface area contributed by atoms with Crippen molar-refractivity contribution in [3.8, 4) is 5.69 Å². The monoisotopic (exact) mass is 328 g/mol.